The number of sulfonamides is 1. The molecule has 0 N–H and O–H groups in total. The minimum absolute atomic E-state index is 0.121. The number of benzene rings is 1. The topological polar surface area (TPSA) is 75.5 Å². The van der Waals surface area contributed by atoms with Crippen molar-refractivity contribution in [3.8, 4) is 0 Å². The fourth-order valence-corrected chi connectivity index (χ4v) is 4.55. The van der Waals surface area contributed by atoms with E-state index in [-0.39, 0.29) is 23.9 Å². The monoisotopic (exact) mass is 426 g/mol. The van der Waals surface area contributed by atoms with Crippen LogP contribution in [0, 0.1) is 6.92 Å². The summed E-state index contributed by atoms with van der Waals surface area (Å²) in [6, 6.07) is 8.31. The van der Waals surface area contributed by atoms with E-state index in [2.05, 4.69) is 21.0 Å². The second-order valence-corrected chi connectivity index (χ2v) is 8.80. The Morgan fingerprint density at radius 1 is 1.12 bits per heavy atom. The van der Waals surface area contributed by atoms with E-state index in [1.54, 1.807) is 47.0 Å². The number of hydrogen-bond donors (Lipinski definition) is 0. The van der Waals surface area contributed by atoms with Crippen molar-refractivity contribution in [1.82, 2.24) is 19.0 Å². The van der Waals surface area contributed by atoms with Crippen molar-refractivity contribution in [1.29, 1.82) is 0 Å². The molecule has 2 aromatic rings. The molecule has 1 fully saturated rings. The van der Waals surface area contributed by atoms with Crippen molar-refractivity contribution in [2.24, 2.45) is 7.05 Å². The van der Waals surface area contributed by atoms with Crippen LogP contribution in [0.2, 0.25) is 0 Å². The summed E-state index contributed by atoms with van der Waals surface area (Å²) in [6.07, 6.45) is 0. The Morgan fingerprint density at radius 3 is 2.24 bits per heavy atom. The van der Waals surface area contributed by atoms with Gasteiger partial charge in [0.2, 0.25) is 10.0 Å². The van der Waals surface area contributed by atoms with E-state index >= 15 is 0 Å². The molecule has 2 heterocycles. The van der Waals surface area contributed by atoms with Crippen molar-refractivity contribution in [2.75, 3.05) is 26.2 Å². The predicted molar refractivity (Wildman–Crippen MR) is 96.7 cm³/mol. The predicted octanol–water partition coefficient (Wildman–Crippen LogP) is 1.64. The van der Waals surface area contributed by atoms with Gasteiger partial charge >= 0.3 is 0 Å². The Hall–Kier alpha value is -1.71. The Kier molecular flexibility index (Phi) is 4.99. The van der Waals surface area contributed by atoms with Crippen LogP contribution >= 0.6 is 15.9 Å². The number of carbonyl (C=O) groups excluding carboxylic acids is 1. The summed E-state index contributed by atoms with van der Waals surface area (Å²) in [4.78, 5) is 14.5. The van der Waals surface area contributed by atoms with Gasteiger partial charge < -0.3 is 4.90 Å². The molecule has 1 saturated heterocycles. The molecule has 25 heavy (non-hydrogen) atoms. The third-order valence-electron chi connectivity index (χ3n) is 4.20. The second kappa shape index (κ2) is 6.89. The van der Waals surface area contributed by atoms with Gasteiger partial charge in [0.1, 0.15) is 5.69 Å². The molecule has 0 radical (unpaired) electrons. The normalized spacial score (nSPS) is 16.2. The van der Waals surface area contributed by atoms with Gasteiger partial charge in [-0.3, -0.25) is 9.48 Å². The molecule has 0 spiro atoms. The van der Waals surface area contributed by atoms with Crippen LogP contribution in [0.1, 0.15) is 16.2 Å². The first-order valence-electron chi connectivity index (χ1n) is 7.84. The molecule has 1 aliphatic heterocycles. The molecule has 1 amide bonds. The fourth-order valence-electron chi connectivity index (χ4n) is 2.86. The van der Waals surface area contributed by atoms with E-state index in [1.165, 1.54) is 4.31 Å². The van der Waals surface area contributed by atoms with Gasteiger partial charge in [0.25, 0.3) is 5.91 Å². The van der Waals surface area contributed by atoms with Gasteiger partial charge in [0.05, 0.1) is 10.6 Å². The van der Waals surface area contributed by atoms with E-state index in [9.17, 15) is 13.2 Å². The molecule has 0 bridgehead atoms. The van der Waals surface area contributed by atoms with Crippen LogP contribution in [-0.4, -0.2) is 59.5 Å². The number of aryl methyl sites for hydroxylation is 2. The second-order valence-electron chi connectivity index (χ2n) is 5.94. The summed E-state index contributed by atoms with van der Waals surface area (Å²) in [5, 5.41) is 4.19. The zero-order chi connectivity index (χ0) is 18.2. The summed E-state index contributed by atoms with van der Waals surface area (Å²) in [5.74, 6) is -0.121. The highest BCUT2D eigenvalue weighted by Gasteiger charge is 2.31. The third kappa shape index (κ3) is 3.63. The number of piperazine rings is 1. The molecule has 134 valence electrons. The molecule has 3 rings (SSSR count). The first-order valence-corrected chi connectivity index (χ1v) is 10.1. The maximum atomic E-state index is 12.7. The Morgan fingerprint density at radius 2 is 1.72 bits per heavy atom. The van der Waals surface area contributed by atoms with Gasteiger partial charge in [-0.15, -0.1) is 0 Å². The van der Waals surface area contributed by atoms with E-state index in [0.717, 1.165) is 10.2 Å². The first kappa shape index (κ1) is 18.1. The number of amides is 1. The lowest BCUT2D eigenvalue weighted by Gasteiger charge is -2.33. The molecule has 1 aromatic carbocycles. The molecule has 0 atom stereocenters. The van der Waals surface area contributed by atoms with E-state index < -0.39 is 10.0 Å². The van der Waals surface area contributed by atoms with Crippen LogP contribution in [0.5, 0.6) is 0 Å². The maximum absolute atomic E-state index is 12.7. The van der Waals surface area contributed by atoms with Gasteiger partial charge in [-0.1, -0.05) is 15.9 Å². The minimum atomic E-state index is -3.54. The molecule has 0 unspecified atom stereocenters. The van der Waals surface area contributed by atoms with E-state index in [0.29, 0.717) is 18.8 Å². The highest BCUT2D eigenvalue weighted by atomic mass is 79.9. The Balaban J connectivity index is 1.70. The Labute approximate surface area is 155 Å². The zero-order valence-electron chi connectivity index (χ0n) is 14.0. The van der Waals surface area contributed by atoms with Gasteiger partial charge in [-0.2, -0.15) is 9.40 Å². The maximum Gasteiger partial charge on any atom is 0.272 e. The quantitative estimate of drug-likeness (QED) is 0.747. The van der Waals surface area contributed by atoms with Gasteiger partial charge in [0, 0.05) is 37.7 Å². The molecule has 9 heteroatoms. The molecule has 1 aliphatic rings. The standard InChI is InChI=1S/C16H19BrN4O3S/c1-12-11-15(19(2)18-12)16(22)20-7-9-21(10-8-20)25(23,24)14-5-3-13(17)4-6-14/h3-6,11H,7-10H2,1-2H3. The lowest BCUT2D eigenvalue weighted by molar-refractivity contribution is 0.0687. The van der Waals surface area contributed by atoms with Crippen LogP contribution in [0.25, 0.3) is 0 Å². The van der Waals surface area contributed by atoms with Crippen LogP contribution in [0.3, 0.4) is 0 Å². The number of nitrogens with zero attached hydrogens (tertiary/aromatic N) is 4. The number of carbonyl (C=O) groups is 1. The fraction of sp³-hybridized carbons (Fsp3) is 0.375. The molecule has 0 aliphatic carbocycles. The van der Waals surface area contributed by atoms with Crippen LogP contribution < -0.4 is 0 Å². The first-order chi connectivity index (χ1) is 11.8. The summed E-state index contributed by atoms with van der Waals surface area (Å²) >= 11 is 3.30. The summed E-state index contributed by atoms with van der Waals surface area (Å²) in [5.41, 5.74) is 1.30. The molecule has 0 saturated carbocycles. The van der Waals surface area contributed by atoms with Crippen molar-refractivity contribution in [2.45, 2.75) is 11.8 Å². The van der Waals surface area contributed by atoms with Crippen molar-refractivity contribution < 1.29 is 13.2 Å². The number of aromatic nitrogens is 2. The Bertz CT molecular complexity index is 885. The smallest absolute Gasteiger partial charge is 0.272 e. The molecule has 7 nitrogen and oxygen atoms in total. The summed E-state index contributed by atoms with van der Waals surface area (Å²) in [6.45, 7) is 3.11. The van der Waals surface area contributed by atoms with Crippen molar-refractivity contribution in [3.05, 3.63) is 46.2 Å². The lowest BCUT2D eigenvalue weighted by Crippen LogP contribution is -2.50. The van der Waals surface area contributed by atoms with Crippen molar-refractivity contribution >= 4 is 31.9 Å². The average Bonchev–Trinajstić information content (AvgIpc) is 2.93. The highest BCUT2D eigenvalue weighted by Crippen LogP contribution is 2.20. The van der Waals surface area contributed by atoms with E-state index in [1.807, 2.05) is 6.92 Å². The largest absolute Gasteiger partial charge is 0.335 e. The molecular weight excluding hydrogens is 408 g/mol. The zero-order valence-corrected chi connectivity index (χ0v) is 16.4. The van der Waals surface area contributed by atoms with Crippen LogP contribution in [-0.2, 0) is 17.1 Å². The van der Waals surface area contributed by atoms with Crippen LogP contribution in [0.15, 0.2) is 39.7 Å². The number of rotatable bonds is 3. The third-order valence-corrected chi connectivity index (χ3v) is 6.64. The minimum Gasteiger partial charge on any atom is -0.335 e. The molecule has 1 aromatic heterocycles. The van der Waals surface area contributed by atoms with Gasteiger partial charge in [0.15, 0.2) is 0 Å². The highest BCUT2D eigenvalue weighted by molar-refractivity contribution is 9.10. The van der Waals surface area contributed by atoms with E-state index in [4.69, 9.17) is 0 Å². The SMILES string of the molecule is Cc1cc(C(=O)N2CCN(S(=O)(=O)c3ccc(Br)cc3)CC2)n(C)n1. The van der Waals surface area contributed by atoms with Gasteiger partial charge in [-0.25, -0.2) is 8.42 Å². The summed E-state index contributed by atoms with van der Waals surface area (Å²) < 4.78 is 29.2. The average molecular weight is 427 g/mol. The summed E-state index contributed by atoms with van der Waals surface area (Å²) in [7, 11) is -1.81. The lowest BCUT2D eigenvalue weighted by atomic mass is 10.3. The van der Waals surface area contributed by atoms with Crippen molar-refractivity contribution in [3.63, 3.8) is 0 Å². The number of hydrogen-bond acceptors (Lipinski definition) is 4. The van der Waals surface area contributed by atoms with Crippen LogP contribution in [0.4, 0.5) is 0 Å². The van der Waals surface area contributed by atoms with Gasteiger partial charge in [-0.05, 0) is 37.3 Å². The molecular formula is C16H19BrN4O3S. The number of halogens is 1.